The fraction of sp³-hybridized carbons (Fsp3) is 0.553. The number of carbonyl (C=O) groups is 3. The van der Waals surface area contributed by atoms with E-state index in [0.29, 0.717) is 18.6 Å². The number of amides is 3. The number of hydrogen-bond acceptors (Lipinski definition) is 8. The van der Waals surface area contributed by atoms with Crippen molar-refractivity contribution < 1.29 is 34.1 Å². The van der Waals surface area contributed by atoms with Gasteiger partial charge in [0, 0.05) is 31.7 Å². The lowest BCUT2D eigenvalue weighted by Gasteiger charge is -2.35. The minimum Gasteiger partial charge on any atom is -0.493 e. The summed E-state index contributed by atoms with van der Waals surface area (Å²) in [7, 11) is 1.82. The zero-order chi connectivity index (χ0) is 36.3. The van der Waals surface area contributed by atoms with Gasteiger partial charge < -0.3 is 34.8 Å². The van der Waals surface area contributed by atoms with Crippen LogP contribution in [-0.2, 0) is 19.1 Å². The summed E-state index contributed by atoms with van der Waals surface area (Å²) in [6.07, 6.45) is -0.572. The average Bonchev–Trinajstić information content (AvgIpc) is 3.46. The number of aliphatic hydroxyl groups excluding tert-OH is 2. The third-order valence-electron chi connectivity index (χ3n) is 9.19. The maximum absolute atomic E-state index is 13.2. The third-order valence-corrected chi connectivity index (χ3v) is 9.19. The molecule has 0 aliphatic carbocycles. The van der Waals surface area contributed by atoms with E-state index >= 15 is 0 Å². The van der Waals surface area contributed by atoms with Gasteiger partial charge in [0.1, 0.15) is 29.8 Å². The number of nitrogens with one attached hydrogen (secondary N) is 1. The van der Waals surface area contributed by atoms with Gasteiger partial charge in [0.25, 0.3) is 5.91 Å². The van der Waals surface area contributed by atoms with Crippen molar-refractivity contribution in [3.05, 3.63) is 59.9 Å². The second-order valence-corrected chi connectivity index (χ2v) is 15.1. The van der Waals surface area contributed by atoms with Crippen LogP contribution in [0.3, 0.4) is 0 Å². The maximum atomic E-state index is 13.2. The largest absolute Gasteiger partial charge is 0.493 e. The summed E-state index contributed by atoms with van der Waals surface area (Å²) in [6, 6.07) is 15.0. The highest BCUT2D eigenvalue weighted by atomic mass is 16.5. The minimum absolute atomic E-state index is 0.0522. The number of anilines is 1. The second-order valence-electron chi connectivity index (χ2n) is 15.1. The normalized spacial score (nSPS) is 20.4. The van der Waals surface area contributed by atoms with Gasteiger partial charge in [0.15, 0.2) is 0 Å². The first-order chi connectivity index (χ1) is 22.9. The Balaban J connectivity index is 1.22. The maximum Gasteiger partial charge on any atom is 0.253 e. The topological polar surface area (TPSA) is 132 Å². The van der Waals surface area contributed by atoms with Crippen molar-refractivity contribution in [3.63, 3.8) is 0 Å². The van der Waals surface area contributed by atoms with Gasteiger partial charge in [-0.2, -0.15) is 0 Å². The number of benzene rings is 2. The lowest BCUT2D eigenvalue weighted by Crippen LogP contribution is -2.56. The summed E-state index contributed by atoms with van der Waals surface area (Å²) in [5, 5.41) is 23.1. The average molecular weight is 679 g/mol. The number of likely N-dealkylation sites (N-methyl/N-ethyl adjacent to an activating group) is 1. The smallest absolute Gasteiger partial charge is 0.253 e. The van der Waals surface area contributed by atoms with E-state index in [2.05, 4.69) is 10.2 Å². The lowest BCUT2D eigenvalue weighted by atomic mass is 9.85. The molecule has 2 aromatic rings. The number of hydrogen-bond donors (Lipinski definition) is 3. The molecule has 0 spiro atoms. The summed E-state index contributed by atoms with van der Waals surface area (Å²) >= 11 is 0. The predicted octanol–water partition coefficient (Wildman–Crippen LogP) is 4.32. The van der Waals surface area contributed by atoms with E-state index in [0.717, 1.165) is 28.2 Å². The highest BCUT2D eigenvalue weighted by Crippen LogP contribution is 2.39. The van der Waals surface area contributed by atoms with Gasteiger partial charge in [0.05, 0.1) is 25.4 Å². The van der Waals surface area contributed by atoms with Crippen molar-refractivity contribution in [2.45, 2.75) is 98.1 Å². The highest BCUT2D eigenvalue weighted by molar-refractivity contribution is 5.96. The van der Waals surface area contributed by atoms with Gasteiger partial charge in [-0.25, -0.2) is 0 Å². The SMILES string of the molecule is CC(C)=C1N(C)C(=O)C(C)(C)N1c1ccc(-c2ccc(OCC[C@H](O)COCC(=O)NC(C(=O)N3C[C@H](O)C[C@H]3C)C(C)(C)C)cc2)cc1. The molecular weight excluding hydrogens is 624 g/mol. The summed E-state index contributed by atoms with van der Waals surface area (Å²) < 4.78 is 11.3. The number of allylic oxidation sites excluding steroid dienone is 1. The molecule has 0 aromatic heterocycles. The van der Waals surface area contributed by atoms with Crippen LogP contribution in [0.4, 0.5) is 5.69 Å². The van der Waals surface area contributed by atoms with E-state index < -0.39 is 35.1 Å². The Morgan fingerprint density at radius 1 is 1.04 bits per heavy atom. The molecule has 0 bridgehead atoms. The van der Waals surface area contributed by atoms with E-state index in [-0.39, 0.29) is 44.2 Å². The second kappa shape index (κ2) is 15.3. The molecule has 3 amide bonds. The zero-order valence-electron chi connectivity index (χ0n) is 30.4. The molecule has 268 valence electrons. The van der Waals surface area contributed by atoms with Crippen LogP contribution in [0.1, 0.15) is 68.2 Å². The van der Waals surface area contributed by atoms with Gasteiger partial charge in [-0.05, 0) is 87.4 Å². The Morgan fingerprint density at radius 2 is 1.63 bits per heavy atom. The monoisotopic (exact) mass is 678 g/mol. The van der Waals surface area contributed by atoms with Crippen molar-refractivity contribution in [3.8, 4) is 16.9 Å². The fourth-order valence-corrected chi connectivity index (χ4v) is 6.58. The molecule has 4 atom stereocenters. The first-order valence-corrected chi connectivity index (χ1v) is 17.0. The van der Waals surface area contributed by atoms with Crippen molar-refractivity contribution in [2.24, 2.45) is 5.41 Å². The quantitative estimate of drug-likeness (QED) is 0.303. The van der Waals surface area contributed by atoms with Crippen LogP contribution < -0.4 is 15.0 Å². The highest BCUT2D eigenvalue weighted by Gasteiger charge is 2.48. The summed E-state index contributed by atoms with van der Waals surface area (Å²) in [4.78, 5) is 44.2. The van der Waals surface area contributed by atoms with Gasteiger partial charge in [-0.15, -0.1) is 0 Å². The number of rotatable bonds is 12. The Hall–Kier alpha value is -3.93. The molecule has 3 N–H and O–H groups in total. The van der Waals surface area contributed by atoms with Gasteiger partial charge in [0.2, 0.25) is 11.8 Å². The zero-order valence-corrected chi connectivity index (χ0v) is 30.4. The van der Waals surface area contributed by atoms with E-state index in [1.165, 1.54) is 0 Å². The lowest BCUT2D eigenvalue weighted by molar-refractivity contribution is -0.141. The molecule has 2 aromatic carbocycles. The van der Waals surface area contributed by atoms with Crippen molar-refractivity contribution in [1.29, 1.82) is 0 Å². The standard InChI is InChI=1S/C38H54N4O7/c1-24(2)34-40(9)36(47)38(7,8)42(34)28-14-10-26(11-15-28)27-12-16-31(17-13-27)49-19-18-29(43)22-48-23-32(45)39-33(37(4,5)6)35(46)41-21-30(44)20-25(41)3/h10-17,25,29-30,33,43-44H,18-23H2,1-9H3,(H,39,45)/t25-,29+,30-,33?/m1/s1. The molecule has 49 heavy (non-hydrogen) atoms. The van der Waals surface area contributed by atoms with Crippen LogP contribution in [0.2, 0.25) is 0 Å². The van der Waals surface area contributed by atoms with Crippen LogP contribution in [0.5, 0.6) is 5.75 Å². The number of nitrogens with zero attached hydrogens (tertiary/aromatic N) is 3. The summed E-state index contributed by atoms with van der Waals surface area (Å²) in [5.74, 6) is 0.956. The number of likely N-dealkylation sites (tertiary alicyclic amines) is 1. The van der Waals surface area contributed by atoms with Crippen LogP contribution in [0, 0.1) is 5.41 Å². The van der Waals surface area contributed by atoms with Crippen LogP contribution >= 0.6 is 0 Å². The van der Waals surface area contributed by atoms with E-state index in [1.807, 2.05) is 111 Å². The van der Waals surface area contributed by atoms with Crippen LogP contribution in [-0.4, -0.2) is 101 Å². The summed E-state index contributed by atoms with van der Waals surface area (Å²) in [6.45, 7) is 15.6. The molecule has 2 aliphatic rings. The van der Waals surface area contributed by atoms with Crippen molar-refractivity contribution >= 4 is 23.4 Å². The first-order valence-electron chi connectivity index (χ1n) is 17.0. The number of β-amino-alcohol motifs (C(OH)–C–C–N with tert-alkyl or cyclic N) is 1. The molecule has 11 nitrogen and oxygen atoms in total. The molecule has 2 aliphatic heterocycles. The Morgan fingerprint density at radius 3 is 2.16 bits per heavy atom. The molecule has 0 radical (unpaired) electrons. The van der Waals surface area contributed by atoms with E-state index in [1.54, 1.807) is 9.80 Å². The molecule has 4 rings (SSSR count). The van der Waals surface area contributed by atoms with E-state index in [9.17, 15) is 24.6 Å². The van der Waals surface area contributed by atoms with Gasteiger partial charge >= 0.3 is 0 Å². The fourth-order valence-electron chi connectivity index (χ4n) is 6.58. The predicted molar refractivity (Wildman–Crippen MR) is 190 cm³/mol. The van der Waals surface area contributed by atoms with Gasteiger partial charge in [-0.3, -0.25) is 19.3 Å². The summed E-state index contributed by atoms with van der Waals surface area (Å²) in [5.41, 5.74) is 2.84. The Kier molecular flexibility index (Phi) is 11.8. The van der Waals surface area contributed by atoms with E-state index in [4.69, 9.17) is 9.47 Å². The van der Waals surface area contributed by atoms with Crippen molar-refractivity contribution in [2.75, 3.05) is 38.3 Å². The molecule has 2 fully saturated rings. The molecule has 1 unspecified atom stereocenters. The Labute approximate surface area is 290 Å². The number of aliphatic hydroxyl groups is 2. The number of ether oxygens (including phenoxy) is 2. The van der Waals surface area contributed by atoms with Crippen LogP contribution in [0.15, 0.2) is 59.9 Å². The third kappa shape index (κ3) is 8.81. The molecule has 0 saturated carbocycles. The Bertz CT molecular complexity index is 1510. The molecule has 2 heterocycles. The van der Waals surface area contributed by atoms with Gasteiger partial charge in [-0.1, -0.05) is 45.0 Å². The molecule has 11 heteroatoms. The van der Waals surface area contributed by atoms with Crippen LogP contribution in [0.25, 0.3) is 11.1 Å². The first kappa shape index (κ1) is 37.9. The van der Waals surface area contributed by atoms with Crippen molar-refractivity contribution in [1.82, 2.24) is 15.1 Å². The molecular formula is C38H54N4O7. The minimum atomic E-state index is -0.833. The molecule has 2 saturated heterocycles. The number of carbonyl (C=O) groups excluding carboxylic acids is 3.